The maximum Gasteiger partial charge on any atom is 0.276 e. The van der Waals surface area contributed by atoms with E-state index in [-0.39, 0.29) is 28.1 Å². The van der Waals surface area contributed by atoms with E-state index in [2.05, 4.69) is 52.3 Å². The number of aromatic nitrogens is 4. The van der Waals surface area contributed by atoms with Crippen molar-refractivity contribution in [2.45, 2.75) is 64.5 Å². The Morgan fingerprint density at radius 3 is 2.36 bits per heavy atom. The smallest absolute Gasteiger partial charge is 0.276 e. The number of nitrogens with zero attached hydrogens (tertiary/aromatic N) is 6. The number of aryl methyl sites for hydroxylation is 1. The number of likely N-dealkylation sites (N-methyl/N-ethyl adjacent to an activating group) is 1. The number of nitrogens with one attached hydrogen (secondary N) is 3. The Bertz CT molecular complexity index is 1570. The van der Waals surface area contributed by atoms with E-state index < -0.39 is 41.5 Å². The molecule has 1 saturated heterocycles. The normalized spacial score (nSPS) is 20.6. The number of piperazine rings is 1. The molecule has 1 aliphatic carbocycles. The van der Waals surface area contributed by atoms with Gasteiger partial charge in [-0.25, -0.2) is 9.02 Å². The minimum Gasteiger partial charge on any atom is -0.339 e. The van der Waals surface area contributed by atoms with Crippen LogP contribution in [0.4, 0.5) is 10.1 Å². The standard InChI is InChI=1S/C31H40FN9O5S/c1-17-5-7-20(8-6-17)27(36-29(43)26-19(3)37-46-38-26)30(44)34-23-10-9-21(15-22(23)32)18(2)25(35-28(42)24-16-33-39-47-24)31(45)41-13-11-40(4)12-14-41/h9-10,15-18,20,25,27H,5-8,11-14H2,1-4H3,(H,34,44)(H,35,42)(H,36,43)/t17?,18-,20?,25+,27-/m0/s1. The molecular weight excluding hydrogens is 629 g/mol. The predicted molar refractivity (Wildman–Crippen MR) is 170 cm³/mol. The van der Waals surface area contributed by atoms with E-state index in [1.54, 1.807) is 24.8 Å². The summed E-state index contributed by atoms with van der Waals surface area (Å²) in [6.45, 7) is 7.86. The van der Waals surface area contributed by atoms with Crippen LogP contribution in [0.5, 0.6) is 0 Å². The van der Waals surface area contributed by atoms with Crippen molar-refractivity contribution in [2.24, 2.45) is 11.8 Å². The summed E-state index contributed by atoms with van der Waals surface area (Å²) in [5.74, 6) is -2.91. The third-order valence-electron chi connectivity index (χ3n) is 9.20. The second-order valence-corrected chi connectivity index (χ2v) is 13.3. The Hall–Kier alpha value is -4.31. The lowest BCUT2D eigenvalue weighted by Gasteiger charge is -2.36. The number of amides is 4. The Balaban J connectivity index is 1.34. The summed E-state index contributed by atoms with van der Waals surface area (Å²) in [4.78, 5) is 57.4. The van der Waals surface area contributed by atoms with Gasteiger partial charge in [0.05, 0.1) is 11.9 Å². The molecule has 16 heteroatoms. The van der Waals surface area contributed by atoms with Crippen molar-refractivity contribution in [3.63, 3.8) is 0 Å². The van der Waals surface area contributed by atoms with Crippen LogP contribution in [0.2, 0.25) is 0 Å². The highest BCUT2D eigenvalue weighted by atomic mass is 32.1. The van der Waals surface area contributed by atoms with E-state index in [0.29, 0.717) is 43.4 Å². The molecule has 47 heavy (non-hydrogen) atoms. The van der Waals surface area contributed by atoms with Crippen LogP contribution in [0.3, 0.4) is 0 Å². The molecule has 3 aromatic rings. The summed E-state index contributed by atoms with van der Waals surface area (Å²) in [7, 11) is 1.98. The van der Waals surface area contributed by atoms with Crippen LogP contribution >= 0.6 is 11.5 Å². The molecule has 3 heterocycles. The molecule has 0 spiro atoms. The molecule has 0 bridgehead atoms. The molecule has 3 N–H and O–H groups in total. The van der Waals surface area contributed by atoms with Crippen LogP contribution in [-0.2, 0) is 9.59 Å². The molecule has 4 amide bonds. The molecule has 2 fully saturated rings. The van der Waals surface area contributed by atoms with Crippen LogP contribution in [0, 0.1) is 24.6 Å². The largest absolute Gasteiger partial charge is 0.339 e. The zero-order chi connectivity index (χ0) is 33.7. The molecule has 0 unspecified atom stereocenters. The first-order chi connectivity index (χ1) is 22.5. The van der Waals surface area contributed by atoms with E-state index in [1.165, 1.54) is 18.3 Å². The van der Waals surface area contributed by atoms with Gasteiger partial charge in [-0.05, 0) is 73.0 Å². The Labute approximate surface area is 276 Å². The number of hydrogen-bond acceptors (Lipinski definition) is 11. The highest BCUT2D eigenvalue weighted by Gasteiger charge is 2.36. The molecule has 2 aromatic heterocycles. The topological polar surface area (TPSA) is 176 Å². The molecule has 252 valence electrons. The zero-order valence-corrected chi connectivity index (χ0v) is 27.7. The van der Waals surface area contributed by atoms with Crippen LogP contribution in [0.25, 0.3) is 0 Å². The second-order valence-electron chi connectivity index (χ2n) is 12.5. The average molecular weight is 670 g/mol. The highest BCUT2D eigenvalue weighted by Crippen LogP contribution is 2.32. The van der Waals surface area contributed by atoms with Gasteiger partial charge in [0.15, 0.2) is 5.69 Å². The quantitative estimate of drug-likeness (QED) is 0.291. The minimum absolute atomic E-state index is 0.0177. The Morgan fingerprint density at radius 2 is 1.74 bits per heavy atom. The number of rotatable bonds is 10. The van der Waals surface area contributed by atoms with Gasteiger partial charge in [-0.1, -0.05) is 42.4 Å². The summed E-state index contributed by atoms with van der Waals surface area (Å²) in [5.41, 5.74) is 0.654. The van der Waals surface area contributed by atoms with Gasteiger partial charge >= 0.3 is 0 Å². The van der Waals surface area contributed by atoms with Gasteiger partial charge in [-0.15, -0.1) is 5.10 Å². The highest BCUT2D eigenvalue weighted by molar-refractivity contribution is 7.07. The molecule has 14 nitrogen and oxygen atoms in total. The Kier molecular flexibility index (Phi) is 10.9. The van der Waals surface area contributed by atoms with Gasteiger partial charge in [0.25, 0.3) is 11.8 Å². The lowest BCUT2D eigenvalue weighted by molar-refractivity contribution is -0.135. The lowest BCUT2D eigenvalue weighted by atomic mass is 9.79. The van der Waals surface area contributed by atoms with E-state index in [4.69, 9.17) is 0 Å². The van der Waals surface area contributed by atoms with Crippen molar-refractivity contribution in [1.29, 1.82) is 0 Å². The van der Waals surface area contributed by atoms with Crippen molar-refractivity contribution in [3.05, 3.63) is 52.0 Å². The number of carbonyl (C=O) groups excluding carboxylic acids is 4. The number of hydrogen-bond donors (Lipinski definition) is 3. The second kappa shape index (κ2) is 15.1. The number of carbonyl (C=O) groups is 4. The summed E-state index contributed by atoms with van der Waals surface area (Å²) in [5, 5.41) is 19.3. The lowest BCUT2D eigenvalue weighted by Crippen LogP contribution is -2.55. The van der Waals surface area contributed by atoms with Gasteiger partial charge in [0.1, 0.15) is 28.5 Å². The molecule has 1 aromatic carbocycles. The summed E-state index contributed by atoms with van der Waals surface area (Å²) >= 11 is 0.912. The fraction of sp³-hybridized carbons (Fsp3) is 0.548. The molecular formula is C31H40FN9O5S. The van der Waals surface area contributed by atoms with Crippen LogP contribution in [0.1, 0.15) is 76.9 Å². The van der Waals surface area contributed by atoms with Gasteiger partial charge in [0.2, 0.25) is 11.8 Å². The van der Waals surface area contributed by atoms with E-state index in [0.717, 1.165) is 37.2 Å². The first kappa shape index (κ1) is 34.0. The maximum absolute atomic E-state index is 15.7. The molecule has 5 rings (SSSR count). The van der Waals surface area contributed by atoms with Gasteiger partial charge in [-0.3, -0.25) is 19.2 Å². The third-order valence-corrected chi connectivity index (χ3v) is 9.86. The molecule has 1 saturated carbocycles. The first-order valence-corrected chi connectivity index (χ1v) is 16.5. The summed E-state index contributed by atoms with van der Waals surface area (Å²) in [6.07, 6.45) is 4.58. The zero-order valence-electron chi connectivity index (χ0n) is 26.9. The van der Waals surface area contributed by atoms with Crippen LogP contribution in [-0.4, -0.2) is 98.6 Å². The van der Waals surface area contributed by atoms with Crippen molar-refractivity contribution >= 4 is 40.8 Å². The van der Waals surface area contributed by atoms with Gasteiger partial charge in [-0.2, -0.15) is 0 Å². The summed E-state index contributed by atoms with van der Waals surface area (Å²) in [6, 6.07) is 2.38. The van der Waals surface area contributed by atoms with Crippen LogP contribution < -0.4 is 16.0 Å². The third kappa shape index (κ3) is 8.16. The molecule has 0 radical (unpaired) electrons. The van der Waals surface area contributed by atoms with Crippen molar-refractivity contribution in [1.82, 2.24) is 40.3 Å². The Morgan fingerprint density at radius 1 is 1.02 bits per heavy atom. The van der Waals surface area contributed by atoms with E-state index >= 15 is 4.39 Å². The van der Waals surface area contributed by atoms with Crippen molar-refractivity contribution < 1.29 is 28.2 Å². The van der Waals surface area contributed by atoms with Gasteiger partial charge in [0, 0.05) is 32.1 Å². The number of halogens is 1. The van der Waals surface area contributed by atoms with E-state index in [9.17, 15) is 19.2 Å². The van der Waals surface area contributed by atoms with Crippen molar-refractivity contribution in [2.75, 3.05) is 38.5 Å². The predicted octanol–water partition coefficient (Wildman–Crippen LogP) is 2.61. The SMILES string of the molecule is Cc1nonc1C(=O)N[C@H](C(=O)Nc1ccc([C@H](C)[C@@H](NC(=O)c2cnns2)C(=O)N2CCN(C)CC2)cc1F)C1CCC(C)CC1. The monoisotopic (exact) mass is 669 g/mol. The minimum atomic E-state index is -0.990. The summed E-state index contributed by atoms with van der Waals surface area (Å²) < 4.78 is 24.1. The fourth-order valence-corrected chi connectivity index (χ4v) is 6.50. The first-order valence-electron chi connectivity index (χ1n) is 15.8. The molecule has 2 aliphatic rings. The average Bonchev–Trinajstić information content (AvgIpc) is 3.76. The molecule has 3 atom stereocenters. The molecule has 1 aliphatic heterocycles. The van der Waals surface area contributed by atoms with Crippen molar-refractivity contribution in [3.8, 4) is 0 Å². The maximum atomic E-state index is 15.7. The van der Waals surface area contributed by atoms with E-state index in [1.807, 2.05) is 7.05 Å². The van der Waals surface area contributed by atoms with Gasteiger partial charge < -0.3 is 25.8 Å². The fourth-order valence-electron chi connectivity index (χ4n) is 6.09. The number of benzene rings is 1. The number of anilines is 1. The van der Waals surface area contributed by atoms with Crippen LogP contribution in [0.15, 0.2) is 29.0 Å².